The van der Waals surface area contributed by atoms with Gasteiger partial charge in [-0.2, -0.15) is 0 Å². The van der Waals surface area contributed by atoms with Crippen LogP contribution in [0.4, 0.5) is 0 Å². The van der Waals surface area contributed by atoms with Crippen molar-refractivity contribution in [2.75, 3.05) is 6.54 Å². The van der Waals surface area contributed by atoms with Crippen LogP contribution in [0.15, 0.2) is 30.5 Å². The molecule has 1 fully saturated rings. The van der Waals surface area contributed by atoms with Gasteiger partial charge in [-0.15, -0.1) is 0 Å². The molecule has 1 aliphatic carbocycles. The van der Waals surface area contributed by atoms with Crippen molar-refractivity contribution in [2.45, 2.75) is 44.8 Å². The van der Waals surface area contributed by atoms with Gasteiger partial charge in [0.25, 0.3) is 0 Å². The Balaban J connectivity index is 1.55. The SMILES string of the molecule is C[C@H]1C[C@H](C)N1C(=O)C1C=C2c3cccc4[nH]cc(c34)C[C@H]2NC1. The lowest BCUT2D eigenvalue weighted by atomic mass is 9.80. The van der Waals surface area contributed by atoms with E-state index in [-0.39, 0.29) is 11.8 Å². The highest BCUT2D eigenvalue weighted by molar-refractivity contribution is 5.99. The van der Waals surface area contributed by atoms with Crippen molar-refractivity contribution in [3.05, 3.63) is 41.6 Å². The molecule has 1 amide bonds. The molecule has 1 aromatic heterocycles. The van der Waals surface area contributed by atoms with E-state index in [1.54, 1.807) is 0 Å². The summed E-state index contributed by atoms with van der Waals surface area (Å²) in [6.07, 6.45) is 6.50. The fraction of sp³-hybridized carbons (Fsp3) is 0.450. The highest BCUT2D eigenvalue weighted by Gasteiger charge is 2.40. The smallest absolute Gasteiger partial charge is 0.231 e. The topological polar surface area (TPSA) is 48.1 Å². The molecule has 0 bridgehead atoms. The van der Waals surface area contributed by atoms with Gasteiger partial charge < -0.3 is 15.2 Å². The molecule has 24 heavy (non-hydrogen) atoms. The summed E-state index contributed by atoms with van der Waals surface area (Å²) in [5.74, 6) is 0.240. The standard InChI is InChI=1S/C20H23N3O/c1-11-6-12(2)23(11)20(24)14-7-16-15-4-3-5-17-19(15)13(9-21-17)8-18(16)22-10-14/h3-5,7,9,11-12,14,18,21-22H,6,8,10H2,1-2H3/t11-,12-,14?,18+/m0/s1. The maximum atomic E-state index is 12.9. The highest BCUT2D eigenvalue weighted by atomic mass is 16.2. The fourth-order valence-corrected chi connectivity index (χ4v) is 4.91. The van der Waals surface area contributed by atoms with E-state index in [1.807, 2.05) is 0 Å². The second kappa shape index (κ2) is 4.96. The van der Waals surface area contributed by atoms with Crippen LogP contribution in [0.5, 0.6) is 0 Å². The normalized spacial score (nSPS) is 31.4. The van der Waals surface area contributed by atoms with Crippen LogP contribution in [0.3, 0.4) is 0 Å². The minimum absolute atomic E-state index is 0.0443. The van der Waals surface area contributed by atoms with Gasteiger partial charge in [0.15, 0.2) is 0 Å². The lowest BCUT2D eigenvalue weighted by molar-refractivity contribution is -0.145. The first-order valence-electron chi connectivity index (χ1n) is 9.00. The average Bonchev–Trinajstić information content (AvgIpc) is 2.99. The number of hydrogen-bond acceptors (Lipinski definition) is 2. The van der Waals surface area contributed by atoms with Crippen molar-refractivity contribution in [3.8, 4) is 0 Å². The zero-order valence-electron chi connectivity index (χ0n) is 14.2. The molecule has 124 valence electrons. The molecule has 0 radical (unpaired) electrons. The molecular weight excluding hydrogens is 298 g/mol. The zero-order chi connectivity index (χ0) is 16.4. The van der Waals surface area contributed by atoms with Gasteiger partial charge in [-0.1, -0.05) is 18.2 Å². The Morgan fingerprint density at radius 2 is 2.08 bits per heavy atom. The van der Waals surface area contributed by atoms with Crippen LogP contribution in [0.25, 0.3) is 16.5 Å². The van der Waals surface area contributed by atoms with E-state index in [0.29, 0.717) is 18.1 Å². The Labute approximate surface area is 141 Å². The number of rotatable bonds is 1. The van der Waals surface area contributed by atoms with E-state index < -0.39 is 0 Å². The van der Waals surface area contributed by atoms with Crippen LogP contribution in [-0.2, 0) is 11.2 Å². The van der Waals surface area contributed by atoms with Gasteiger partial charge in [0, 0.05) is 41.8 Å². The number of nitrogens with one attached hydrogen (secondary N) is 2. The lowest BCUT2D eigenvalue weighted by Gasteiger charge is -2.47. The maximum Gasteiger partial charge on any atom is 0.231 e. The zero-order valence-corrected chi connectivity index (χ0v) is 14.2. The predicted molar refractivity (Wildman–Crippen MR) is 95.6 cm³/mol. The number of H-pyrrole nitrogens is 1. The van der Waals surface area contributed by atoms with Crippen molar-refractivity contribution in [1.29, 1.82) is 0 Å². The summed E-state index contributed by atoms with van der Waals surface area (Å²) in [5.41, 5.74) is 5.16. The molecule has 3 aliphatic rings. The Hall–Kier alpha value is -2.07. The molecule has 2 aromatic rings. The van der Waals surface area contributed by atoms with E-state index >= 15 is 0 Å². The third-order valence-electron chi connectivity index (χ3n) is 6.07. The van der Waals surface area contributed by atoms with Crippen LogP contribution in [-0.4, -0.2) is 40.5 Å². The van der Waals surface area contributed by atoms with Gasteiger partial charge in [0.1, 0.15) is 0 Å². The summed E-state index contributed by atoms with van der Waals surface area (Å²) in [4.78, 5) is 18.4. The van der Waals surface area contributed by atoms with E-state index in [1.165, 1.54) is 27.6 Å². The summed E-state index contributed by atoms with van der Waals surface area (Å²) in [6, 6.07) is 7.53. The maximum absolute atomic E-state index is 12.9. The van der Waals surface area contributed by atoms with E-state index in [9.17, 15) is 4.79 Å². The van der Waals surface area contributed by atoms with Crippen molar-refractivity contribution >= 4 is 22.4 Å². The second-order valence-corrected chi connectivity index (χ2v) is 7.61. The van der Waals surface area contributed by atoms with Crippen molar-refractivity contribution < 1.29 is 4.79 Å². The number of hydrogen-bond donors (Lipinski definition) is 2. The van der Waals surface area contributed by atoms with Crippen LogP contribution in [0, 0.1) is 5.92 Å². The fourth-order valence-electron chi connectivity index (χ4n) is 4.91. The summed E-state index contributed by atoms with van der Waals surface area (Å²) in [7, 11) is 0. The molecule has 5 rings (SSSR count). The minimum Gasteiger partial charge on any atom is -0.361 e. The third-order valence-corrected chi connectivity index (χ3v) is 6.07. The molecule has 1 aromatic carbocycles. The number of aromatic nitrogens is 1. The predicted octanol–water partition coefficient (Wildman–Crippen LogP) is 2.70. The number of nitrogens with zero attached hydrogens (tertiary/aromatic N) is 1. The number of likely N-dealkylation sites (tertiary alicyclic amines) is 1. The molecule has 4 atom stereocenters. The first kappa shape index (κ1) is 14.3. The molecule has 4 nitrogen and oxygen atoms in total. The Morgan fingerprint density at radius 3 is 2.88 bits per heavy atom. The van der Waals surface area contributed by atoms with E-state index in [0.717, 1.165) is 19.4 Å². The minimum atomic E-state index is -0.0443. The van der Waals surface area contributed by atoms with Crippen molar-refractivity contribution in [2.24, 2.45) is 5.92 Å². The van der Waals surface area contributed by atoms with Crippen LogP contribution in [0.1, 0.15) is 31.4 Å². The molecule has 2 N–H and O–H groups in total. The van der Waals surface area contributed by atoms with Gasteiger partial charge in [-0.25, -0.2) is 0 Å². The number of fused-ring (bicyclic) bond motifs is 2. The molecule has 1 saturated heterocycles. The van der Waals surface area contributed by atoms with Gasteiger partial charge >= 0.3 is 0 Å². The van der Waals surface area contributed by atoms with Crippen molar-refractivity contribution in [3.63, 3.8) is 0 Å². The van der Waals surface area contributed by atoms with Crippen LogP contribution in [0.2, 0.25) is 0 Å². The molecule has 0 spiro atoms. The Bertz CT molecular complexity index is 857. The third kappa shape index (κ3) is 1.86. The summed E-state index contributed by atoms with van der Waals surface area (Å²) in [5, 5.41) is 4.96. The molecule has 3 heterocycles. The van der Waals surface area contributed by atoms with Gasteiger partial charge in [-0.05, 0) is 49.5 Å². The number of amides is 1. The molecule has 1 unspecified atom stereocenters. The monoisotopic (exact) mass is 321 g/mol. The van der Waals surface area contributed by atoms with Crippen molar-refractivity contribution in [1.82, 2.24) is 15.2 Å². The van der Waals surface area contributed by atoms with E-state index in [4.69, 9.17) is 0 Å². The first-order chi connectivity index (χ1) is 11.6. The number of benzene rings is 1. The molecular formula is C20H23N3O. The van der Waals surface area contributed by atoms with Gasteiger partial charge in [-0.3, -0.25) is 4.79 Å². The van der Waals surface area contributed by atoms with Gasteiger partial charge in [0.2, 0.25) is 5.91 Å². The van der Waals surface area contributed by atoms with Crippen LogP contribution >= 0.6 is 0 Å². The molecule has 2 aliphatic heterocycles. The summed E-state index contributed by atoms with van der Waals surface area (Å²) >= 11 is 0. The second-order valence-electron chi connectivity index (χ2n) is 7.61. The number of carbonyl (C=O) groups is 1. The quantitative estimate of drug-likeness (QED) is 0.848. The molecule has 4 heteroatoms. The summed E-state index contributed by atoms with van der Waals surface area (Å²) < 4.78 is 0. The number of aromatic amines is 1. The van der Waals surface area contributed by atoms with Gasteiger partial charge in [0.05, 0.1) is 5.92 Å². The average molecular weight is 321 g/mol. The van der Waals surface area contributed by atoms with Crippen LogP contribution < -0.4 is 5.32 Å². The Morgan fingerprint density at radius 1 is 1.25 bits per heavy atom. The summed E-state index contributed by atoms with van der Waals surface area (Å²) in [6.45, 7) is 5.05. The molecule has 0 saturated carbocycles. The largest absolute Gasteiger partial charge is 0.361 e. The highest BCUT2D eigenvalue weighted by Crippen LogP contribution is 2.39. The Kier molecular flexibility index (Phi) is 2.95. The van der Waals surface area contributed by atoms with E-state index in [2.05, 4.69) is 59.5 Å². The lowest BCUT2D eigenvalue weighted by Crippen LogP contribution is -2.59. The first-order valence-corrected chi connectivity index (χ1v) is 9.00. The number of carbonyl (C=O) groups excluding carboxylic acids is 1.